The molecular weight excluding hydrogens is 379 g/mol. The Morgan fingerprint density at radius 1 is 0.867 bits per heavy atom. The number of anilines is 1. The molecule has 1 aromatic heterocycles. The predicted molar refractivity (Wildman–Crippen MR) is 116 cm³/mol. The van der Waals surface area contributed by atoms with Gasteiger partial charge in [0.05, 0.1) is 16.7 Å². The summed E-state index contributed by atoms with van der Waals surface area (Å²) in [6.45, 7) is 2.37. The smallest absolute Gasteiger partial charge is 0.253 e. The zero-order chi connectivity index (χ0) is 20.5. The van der Waals surface area contributed by atoms with Crippen LogP contribution in [0.15, 0.2) is 72.8 Å². The number of para-hydroxylation sites is 3. The molecule has 0 atom stereocenters. The van der Waals surface area contributed by atoms with Crippen molar-refractivity contribution in [2.75, 3.05) is 31.1 Å². The van der Waals surface area contributed by atoms with Crippen LogP contribution in [-0.4, -0.2) is 47.0 Å². The van der Waals surface area contributed by atoms with Crippen LogP contribution in [0, 0.1) is 5.82 Å². The van der Waals surface area contributed by atoms with Crippen LogP contribution in [0.5, 0.6) is 0 Å². The molecule has 1 aliphatic heterocycles. The Labute approximate surface area is 173 Å². The molecule has 0 unspecified atom stereocenters. The van der Waals surface area contributed by atoms with E-state index in [1.165, 1.54) is 6.07 Å². The highest BCUT2D eigenvalue weighted by atomic mass is 19.1. The van der Waals surface area contributed by atoms with Gasteiger partial charge in [-0.25, -0.2) is 9.37 Å². The lowest BCUT2D eigenvalue weighted by molar-refractivity contribution is 0.0746. The number of hydrogen-bond donors (Lipinski definition) is 1. The first kappa shape index (κ1) is 18.4. The van der Waals surface area contributed by atoms with Crippen molar-refractivity contribution in [3.63, 3.8) is 0 Å². The van der Waals surface area contributed by atoms with E-state index >= 15 is 0 Å². The van der Waals surface area contributed by atoms with Crippen LogP contribution in [0.2, 0.25) is 0 Å². The summed E-state index contributed by atoms with van der Waals surface area (Å²) in [5.41, 5.74) is 4.09. The van der Waals surface area contributed by atoms with Crippen LogP contribution < -0.4 is 4.90 Å². The van der Waals surface area contributed by atoms with E-state index in [9.17, 15) is 9.18 Å². The number of carbonyl (C=O) groups excluding carboxylic acids is 1. The molecule has 2 heterocycles. The van der Waals surface area contributed by atoms with Gasteiger partial charge in [-0.15, -0.1) is 0 Å². The van der Waals surface area contributed by atoms with E-state index in [2.05, 4.69) is 9.97 Å². The highest BCUT2D eigenvalue weighted by molar-refractivity contribution is 5.95. The molecule has 4 aromatic rings. The minimum atomic E-state index is -0.224. The number of halogens is 1. The fourth-order valence-corrected chi connectivity index (χ4v) is 3.90. The molecule has 0 spiro atoms. The summed E-state index contributed by atoms with van der Waals surface area (Å²) in [7, 11) is 0. The maximum absolute atomic E-state index is 14.0. The molecule has 1 aliphatic rings. The van der Waals surface area contributed by atoms with Crippen LogP contribution >= 0.6 is 0 Å². The number of amides is 1. The summed E-state index contributed by atoms with van der Waals surface area (Å²) in [5.74, 6) is 0.562. The molecule has 150 valence electrons. The Kier molecular flexibility index (Phi) is 4.67. The van der Waals surface area contributed by atoms with E-state index in [-0.39, 0.29) is 11.7 Å². The zero-order valence-electron chi connectivity index (χ0n) is 16.4. The average molecular weight is 400 g/mol. The molecule has 0 bridgehead atoms. The highest BCUT2D eigenvalue weighted by Crippen LogP contribution is 2.23. The first-order chi connectivity index (χ1) is 14.7. The van der Waals surface area contributed by atoms with Crippen LogP contribution in [0.25, 0.3) is 22.4 Å². The van der Waals surface area contributed by atoms with Crippen LogP contribution in [0.4, 0.5) is 10.1 Å². The number of nitrogens with zero attached hydrogens (tertiary/aromatic N) is 3. The fraction of sp³-hybridized carbons (Fsp3) is 0.167. The molecule has 1 fully saturated rings. The average Bonchev–Trinajstić information content (AvgIpc) is 3.24. The molecular formula is C24H21FN4O. The van der Waals surface area contributed by atoms with E-state index in [1.54, 1.807) is 12.1 Å². The molecule has 1 saturated heterocycles. The van der Waals surface area contributed by atoms with Crippen molar-refractivity contribution in [3.05, 3.63) is 84.2 Å². The second-order valence-electron chi connectivity index (χ2n) is 7.41. The van der Waals surface area contributed by atoms with Gasteiger partial charge in [0.2, 0.25) is 0 Å². The van der Waals surface area contributed by atoms with Crippen LogP contribution in [0.1, 0.15) is 10.4 Å². The molecule has 3 aromatic carbocycles. The fourth-order valence-electron chi connectivity index (χ4n) is 3.90. The Morgan fingerprint density at radius 2 is 1.57 bits per heavy atom. The van der Waals surface area contributed by atoms with Crippen molar-refractivity contribution < 1.29 is 9.18 Å². The third kappa shape index (κ3) is 3.41. The number of rotatable bonds is 3. The van der Waals surface area contributed by atoms with E-state index in [0.717, 1.165) is 22.4 Å². The Hall–Kier alpha value is -3.67. The lowest BCUT2D eigenvalue weighted by atomic mass is 10.1. The molecule has 5 rings (SSSR count). The van der Waals surface area contributed by atoms with Crippen LogP contribution in [0.3, 0.4) is 0 Å². The first-order valence-electron chi connectivity index (χ1n) is 10.0. The number of hydrogen-bond acceptors (Lipinski definition) is 3. The number of nitrogens with one attached hydrogen (secondary N) is 1. The van der Waals surface area contributed by atoms with E-state index in [0.29, 0.717) is 37.4 Å². The quantitative estimate of drug-likeness (QED) is 0.557. The largest absolute Gasteiger partial charge is 0.366 e. The van der Waals surface area contributed by atoms with Crippen molar-refractivity contribution in [3.8, 4) is 11.4 Å². The number of carbonyl (C=O) groups is 1. The van der Waals surface area contributed by atoms with Gasteiger partial charge >= 0.3 is 0 Å². The molecule has 1 amide bonds. The van der Waals surface area contributed by atoms with E-state index in [4.69, 9.17) is 0 Å². The van der Waals surface area contributed by atoms with Crippen molar-refractivity contribution in [1.82, 2.24) is 14.9 Å². The van der Waals surface area contributed by atoms with Gasteiger partial charge in [0, 0.05) is 37.3 Å². The normalized spacial score (nSPS) is 14.3. The Morgan fingerprint density at radius 3 is 2.30 bits per heavy atom. The number of benzene rings is 3. The summed E-state index contributed by atoms with van der Waals surface area (Å²) < 4.78 is 14.0. The standard InChI is InChI=1S/C24H21FN4O/c25-19-5-1-4-8-22(19)28-13-15-29(16-14-28)24(30)18-11-9-17(10-12-18)23-26-20-6-2-3-7-21(20)27-23/h1-12H,13-16H2,(H,26,27). The van der Waals surface area contributed by atoms with Crippen molar-refractivity contribution in [2.24, 2.45) is 0 Å². The van der Waals surface area contributed by atoms with Gasteiger partial charge < -0.3 is 14.8 Å². The third-order valence-electron chi connectivity index (χ3n) is 5.55. The summed E-state index contributed by atoms with van der Waals surface area (Å²) in [5, 5.41) is 0. The monoisotopic (exact) mass is 400 g/mol. The predicted octanol–water partition coefficient (Wildman–Crippen LogP) is 4.33. The SMILES string of the molecule is O=C(c1ccc(-c2nc3ccccc3[nH]2)cc1)N1CCN(c2ccccc2F)CC1. The Balaban J connectivity index is 1.27. The number of piperazine rings is 1. The second-order valence-corrected chi connectivity index (χ2v) is 7.41. The van der Waals surface area contributed by atoms with Crippen molar-refractivity contribution in [2.45, 2.75) is 0 Å². The van der Waals surface area contributed by atoms with Gasteiger partial charge in [-0.1, -0.05) is 36.4 Å². The highest BCUT2D eigenvalue weighted by Gasteiger charge is 2.23. The molecule has 30 heavy (non-hydrogen) atoms. The molecule has 5 nitrogen and oxygen atoms in total. The minimum Gasteiger partial charge on any atom is -0.366 e. The number of aromatic amines is 1. The second kappa shape index (κ2) is 7.63. The number of H-pyrrole nitrogens is 1. The topological polar surface area (TPSA) is 52.2 Å². The maximum atomic E-state index is 14.0. The van der Waals surface area contributed by atoms with Crippen molar-refractivity contribution >= 4 is 22.6 Å². The van der Waals surface area contributed by atoms with Gasteiger partial charge in [0.1, 0.15) is 11.6 Å². The van der Waals surface area contributed by atoms with Gasteiger partial charge in [-0.05, 0) is 36.4 Å². The minimum absolute atomic E-state index is 0.000611. The summed E-state index contributed by atoms with van der Waals surface area (Å²) in [4.78, 5) is 24.6. The zero-order valence-corrected chi connectivity index (χ0v) is 16.4. The maximum Gasteiger partial charge on any atom is 0.253 e. The van der Waals surface area contributed by atoms with Crippen LogP contribution in [-0.2, 0) is 0 Å². The summed E-state index contributed by atoms with van der Waals surface area (Å²) in [6, 6.07) is 22.2. The molecule has 6 heteroatoms. The lowest BCUT2D eigenvalue weighted by Crippen LogP contribution is -2.49. The van der Waals surface area contributed by atoms with Gasteiger partial charge in [0.25, 0.3) is 5.91 Å². The van der Waals surface area contributed by atoms with Crippen molar-refractivity contribution in [1.29, 1.82) is 0 Å². The molecule has 0 radical (unpaired) electrons. The van der Waals surface area contributed by atoms with E-state index in [1.807, 2.05) is 64.4 Å². The van der Waals surface area contributed by atoms with Gasteiger partial charge in [-0.2, -0.15) is 0 Å². The number of fused-ring (bicyclic) bond motifs is 1. The molecule has 0 aliphatic carbocycles. The summed E-state index contributed by atoms with van der Waals surface area (Å²) >= 11 is 0. The summed E-state index contributed by atoms with van der Waals surface area (Å²) in [6.07, 6.45) is 0. The molecule has 1 N–H and O–H groups in total. The third-order valence-corrected chi connectivity index (χ3v) is 5.55. The Bertz CT molecular complexity index is 1160. The number of aromatic nitrogens is 2. The van der Waals surface area contributed by atoms with Gasteiger partial charge in [0.15, 0.2) is 0 Å². The lowest BCUT2D eigenvalue weighted by Gasteiger charge is -2.36. The van der Waals surface area contributed by atoms with E-state index < -0.39 is 0 Å². The first-order valence-corrected chi connectivity index (χ1v) is 10.0. The van der Waals surface area contributed by atoms with Gasteiger partial charge in [-0.3, -0.25) is 4.79 Å². The molecule has 0 saturated carbocycles. The number of imidazole rings is 1.